The Bertz CT molecular complexity index is 737. The van der Waals surface area contributed by atoms with Gasteiger partial charge in [-0.1, -0.05) is 18.5 Å². The van der Waals surface area contributed by atoms with Gasteiger partial charge in [0.2, 0.25) is 0 Å². The number of carboxylic acids is 1. The van der Waals surface area contributed by atoms with Crippen LogP contribution in [0.5, 0.6) is 0 Å². The van der Waals surface area contributed by atoms with E-state index in [9.17, 15) is 21.6 Å². The third kappa shape index (κ3) is 4.98. The number of benzene rings is 1. The van der Waals surface area contributed by atoms with Crippen LogP contribution in [0.15, 0.2) is 23.1 Å². The SMILES string of the molecule is CCCS(=O)(=O)CCS(=O)(=O)c1ccc(Cl)c(C(=O)O)c1. The zero-order chi connectivity index (χ0) is 16.3. The molecule has 0 bridgehead atoms. The first-order chi connectivity index (χ1) is 9.59. The van der Waals surface area contributed by atoms with Gasteiger partial charge in [0.1, 0.15) is 0 Å². The Kier molecular flexibility index (Phi) is 5.77. The lowest BCUT2D eigenvalue weighted by Gasteiger charge is -2.07. The van der Waals surface area contributed by atoms with Gasteiger partial charge >= 0.3 is 5.97 Å². The van der Waals surface area contributed by atoms with Crippen molar-refractivity contribution in [3.63, 3.8) is 0 Å². The Hall–Kier alpha value is -1.12. The Labute approximate surface area is 128 Å². The summed E-state index contributed by atoms with van der Waals surface area (Å²) in [6, 6.07) is 3.27. The Morgan fingerprint density at radius 1 is 1.14 bits per heavy atom. The number of carboxylic acid groups (broad SMARTS) is 1. The quantitative estimate of drug-likeness (QED) is 0.797. The minimum Gasteiger partial charge on any atom is -0.478 e. The van der Waals surface area contributed by atoms with Gasteiger partial charge in [0, 0.05) is 5.75 Å². The van der Waals surface area contributed by atoms with Crippen molar-refractivity contribution in [2.75, 3.05) is 17.3 Å². The predicted molar refractivity (Wildman–Crippen MR) is 79.4 cm³/mol. The Morgan fingerprint density at radius 3 is 2.29 bits per heavy atom. The standard InChI is InChI=1S/C12H15ClO6S2/c1-2-5-20(16,17)6-7-21(18,19)9-3-4-11(13)10(8-9)12(14)15/h3-4,8H,2,5-7H2,1H3,(H,14,15). The molecule has 0 saturated heterocycles. The highest BCUT2D eigenvalue weighted by Crippen LogP contribution is 2.21. The topological polar surface area (TPSA) is 106 Å². The molecular formula is C12H15ClO6S2. The average molecular weight is 355 g/mol. The third-order valence-corrected chi connectivity index (χ3v) is 6.86. The van der Waals surface area contributed by atoms with Gasteiger partial charge in [-0.2, -0.15) is 0 Å². The molecule has 0 unspecified atom stereocenters. The molecule has 1 aromatic rings. The fourth-order valence-electron chi connectivity index (χ4n) is 1.63. The van der Waals surface area contributed by atoms with E-state index in [1.54, 1.807) is 6.92 Å². The molecule has 0 radical (unpaired) electrons. The molecule has 1 N–H and O–H groups in total. The summed E-state index contributed by atoms with van der Waals surface area (Å²) < 4.78 is 47.3. The van der Waals surface area contributed by atoms with Gasteiger partial charge < -0.3 is 5.11 Å². The van der Waals surface area contributed by atoms with Crippen molar-refractivity contribution in [1.29, 1.82) is 0 Å². The number of aromatic carboxylic acids is 1. The van der Waals surface area contributed by atoms with Crippen LogP contribution in [-0.2, 0) is 19.7 Å². The normalized spacial score (nSPS) is 12.3. The summed E-state index contributed by atoms with van der Waals surface area (Å²) in [5, 5.41) is 8.83. The van der Waals surface area contributed by atoms with Crippen LogP contribution in [-0.4, -0.2) is 45.2 Å². The largest absolute Gasteiger partial charge is 0.478 e. The van der Waals surface area contributed by atoms with Crippen LogP contribution in [0.25, 0.3) is 0 Å². The van der Waals surface area contributed by atoms with E-state index in [0.29, 0.717) is 6.42 Å². The van der Waals surface area contributed by atoms with E-state index in [4.69, 9.17) is 16.7 Å². The van der Waals surface area contributed by atoms with Gasteiger partial charge in [0.15, 0.2) is 19.7 Å². The van der Waals surface area contributed by atoms with Gasteiger partial charge in [0.25, 0.3) is 0 Å². The molecule has 0 aliphatic carbocycles. The van der Waals surface area contributed by atoms with Crippen molar-refractivity contribution >= 4 is 37.2 Å². The van der Waals surface area contributed by atoms with Crippen molar-refractivity contribution < 1.29 is 26.7 Å². The summed E-state index contributed by atoms with van der Waals surface area (Å²) in [4.78, 5) is 10.7. The molecule has 0 amide bonds. The van der Waals surface area contributed by atoms with Gasteiger partial charge in [-0.05, 0) is 24.6 Å². The maximum absolute atomic E-state index is 12.1. The smallest absolute Gasteiger partial charge is 0.337 e. The van der Waals surface area contributed by atoms with Crippen molar-refractivity contribution in [2.45, 2.75) is 18.2 Å². The van der Waals surface area contributed by atoms with Gasteiger partial charge in [0.05, 0.1) is 27.0 Å². The fourth-order valence-corrected chi connectivity index (χ4v) is 5.36. The fraction of sp³-hybridized carbons (Fsp3) is 0.417. The molecule has 0 spiro atoms. The first-order valence-electron chi connectivity index (χ1n) is 6.05. The van der Waals surface area contributed by atoms with Gasteiger partial charge in [-0.3, -0.25) is 0 Å². The third-order valence-electron chi connectivity index (χ3n) is 2.71. The van der Waals surface area contributed by atoms with Crippen LogP contribution in [0.2, 0.25) is 5.02 Å². The zero-order valence-corrected chi connectivity index (χ0v) is 13.6. The van der Waals surface area contributed by atoms with Crippen LogP contribution in [0.3, 0.4) is 0 Å². The molecule has 0 saturated carbocycles. The van der Waals surface area contributed by atoms with Crippen molar-refractivity contribution in [2.24, 2.45) is 0 Å². The highest BCUT2D eigenvalue weighted by molar-refractivity contribution is 7.95. The molecule has 21 heavy (non-hydrogen) atoms. The average Bonchev–Trinajstić information content (AvgIpc) is 2.36. The molecule has 6 nitrogen and oxygen atoms in total. The van der Waals surface area contributed by atoms with E-state index in [-0.39, 0.29) is 21.2 Å². The summed E-state index contributed by atoms with van der Waals surface area (Å²) in [5.41, 5.74) is -0.339. The molecule has 0 heterocycles. The summed E-state index contributed by atoms with van der Waals surface area (Å²) in [6.45, 7) is 1.68. The summed E-state index contributed by atoms with van der Waals surface area (Å²) in [6.07, 6.45) is 0.409. The zero-order valence-electron chi connectivity index (χ0n) is 11.2. The second-order valence-corrected chi connectivity index (χ2v) is 9.24. The number of sulfone groups is 2. The highest BCUT2D eigenvalue weighted by atomic mass is 35.5. The number of hydrogen-bond donors (Lipinski definition) is 1. The van der Waals surface area contributed by atoms with E-state index < -0.39 is 37.1 Å². The Morgan fingerprint density at radius 2 is 1.76 bits per heavy atom. The molecule has 0 aliphatic rings. The predicted octanol–water partition coefficient (Wildman–Crippen LogP) is 1.64. The number of carbonyl (C=O) groups is 1. The van der Waals surface area contributed by atoms with E-state index in [2.05, 4.69) is 0 Å². The minimum atomic E-state index is -3.89. The lowest BCUT2D eigenvalue weighted by molar-refractivity contribution is 0.0697. The number of rotatable bonds is 7. The minimum absolute atomic E-state index is 0.0798. The van der Waals surface area contributed by atoms with E-state index in [1.165, 1.54) is 6.07 Å². The highest BCUT2D eigenvalue weighted by Gasteiger charge is 2.21. The number of halogens is 1. The molecule has 1 rings (SSSR count). The molecular weight excluding hydrogens is 340 g/mol. The van der Waals surface area contributed by atoms with Gasteiger partial charge in [-0.25, -0.2) is 21.6 Å². The van der Waals surface area contributed by atoms with Crippen LogP contribution < -0.4 is 0 Å². The van der Waals surface area contributed by atoms with Crippen molar-refractivity contribution in [3.05, 3.63) is 28.8 Å². The van der Waals surface area contributed by atoms with Gasteiger partial charge in [-0.15, -0.1) is 0 Å². The van der Waals surface area contributed by atoms with Crippen LogP contribution >= 0.6 is 11.6 Å². The molecule has 118 valence electrons. The van der Waals surface area contributed by atoms with Crippen LogP contribution in [0, 0.1) is 0 Å². The molecule has 0 atom stereocenters. The molecule has 0 aliphatic heterocycles. The Balaban J connectivity index is 3.04. The van der Waals surface area contributed by atoms with Crippen LogP contribution in [0.1, 0.15) is 23.7 Å². The van der Waals surface area contributed by atoms with E-state index in [0.717, 1.165) is 12.1 Å². The molecule has 1 aromatic carbocycles. The summed E-state index contributed by atoms with van der Waals surface area (Å²) in [7, 11) is -7.31. The maximum atomic E-state index is 12.1. The second kappa shape index (κ2) is 6.76. The lowest BCUT2D eigenvalue weighted by Crippen LogP contribution is -2.19. The monoisotopic (exact) mass is 354 g/mol. The van der Waals surface area contributed by atoms with Crippen molar-refractivity contribution in [3.8, 4) is 0 Å². The maximum Gasteiger partial charge on any atom is 0.337 e. The molecule has 0 aromatic heterocycles. The number of hydrogen-bond acceptors (Lipinski definition) is 5. The summed E-state index contributed by atoms with van der Waals surface area (Å²) >= 11 is 5.66. The van der Waals surface area contributed by atoms with Crippen LogP contribution in [0.4, 0.5) is 0 Å². The molecule has 9 heteroatoms. The second-order valence-electron chi connectivity index (χ2n) is 4.42. The first kappa shape index (κ1) is 17.9. The van der Waals surface area contributed by atoms with E-state index >= 15 is 0 Å². The first-order valence-corrected chi connectivity index (χ1v) is 9.90. The van der Waals surface area contributed by atoms with Crippen molar-refractivity contribution in [1.82, 2.24) is 0 Å². The summed E-state index contributed by atoms with van der Waals surface area (Å²) in [5.74, 6) is -2.51. The van der Waals surface area contributed by atoms with E-state index in [1.807, 2.05) is 0 Å². The lowest BCUT2D eigenvalue weighted by atomic mass is 10.2. The molecule has 0 fully saturated rings.